The van der Waals surface area contributed by atoms with E-state index < -0.39 is 24.0 Å². The predicted octanol–water partition coefficient (Wildman–Crippen LogP) is 2.77. The number of imide groups is 1. The minimum absolute atomic E-state index is 0.0904. The van der Waals surface area contributed by atoms with Crippen LogP contribution in [0.1, 0.15) is 37.6 Å². The molecule has 0 radical (unpaired) electrons. The van der Waals surface area contributed by atoms with Crippen LogP contribution in [0.5, 0.6) is 11.5 Å². The second kappa shape index (κ2) is 10.6. The van der Waals surface area contributed by atoms with E-state index in [2.05, 4.69) is 19.2 Å². The molecule has 8 nitrogen and oxygen atoms in total. The summed E-state index contributed by atoms with van der Waals surface area (Å²) in [5, 5.41) is 4.44. The molecule has 0 aromatic heterocycles. The summed E-state index contributed by atoms with van der Waals surface area (Å²) in [5.74, 6) is -0.466. The molecular formula is C18H25ClN2O6. The first-order chi connectivity index (χ1) is 12.7. The Bertz CT molecular complexity index is 693. The summed E-state index contributed by atoms with van der Waals surface area (Å²) in [6.07, 6.45) is -0.345. The second-order valence-electron chi connectivity index (χ2n) is 6.14. The lowest BCUT2D eigenvalue weighted by Crippen LogP contribution is -2.43. The van der Waals surface area contributed by atoms with Crippen LogP contribution < -0.4 is 20.1 Å². The highest BCUT2D eigenvalue weighted by molar-refractivity contribution is 6.32. The molecule has 9 heteroatoms. The van der Waals surface area contributed by atoms with Gasteiger partial charge < -0.3 is 19.5 Å². The number of carbonyl (C=O) groups excluding carboxylic acids is 3. The maximum absolute atomic E-state index is 12.3. The molecule has 0 spiro atoms. The van der Waals surface area contributed by atoms with Crippen molar-refractivity contribution in [3.05, 3.63) is 22.7 Å². The minimum atomic E-state index is -1.18. The van der Waals surface area contributed by atoms with Crippen LogP contribution in [0.25, 0.3) is 0 Å². The molecule has 0 saturated heterocycles. The smallest absolute Gasteiger partial charge is 0.339 e. The molecule has 3 amide bonds. The van der Waals surface area contributed by atoms with Crippen molar-refractivity contribution < 1.29 is 28.6 Å². The summed E-state index contributed by atoms with van der Waals surface area (Å²) >= 11 is 6.21. The fourth-order valence-corrected chi connectivity index (χ4v) is 2.20. The summed E-state index contributed by atoms with van der Waals surface area (Å²) in [5.41, 5.74) is 0.0904. The van der Waals surface area contributed by atoms with Crippen LogP contribution in [0.2, 0.25) is 5.02 Å². The number of hydrogen-bond donors (Lipinski definition) is 2. The molecule has 150 valence electrons. The maximum Gasteiger partial charge on any atom is 0.339 e. The molecule has 1 aromatic carbocycles. The topological polar surface area (TPSA) is 103 Å². The van der Waals surface area contributed by atoms with Crippen molar-refractivity contribution in [3.63, 3.8) is 0 Å². The van der Waals surface area contributed by atoms with Crippen molar-refractivity contribution in [1.82, 2.24) is 10.6 Å². The Morgan fingerprint density at radius 2 is 1.85 bits per heavy atom. The number of rotatable bonds is 8. The number of urea groups is 1. The monoisotopic (exact) mass is 400 g/mol. The number of esters is 1. The molecule has 1 rings (SSSR count). The van der Waals surface area contributed by atoms with E-state index in [0.717, 1.165) is 6.42 Å². The molecule has 2 N–H and O–H groups in total. The highest BCUT2D eigenvalue weighted by Crippen LogP contribution is 2.37. The summed E-state index contributed by atoms with van der Waals surface area (Å²) < 4.78 is 16.0. The Labute approximate surface area is 163 Å². The zero-order valence-electron chi connectivity index (χ0n) is 16.1. The van der Waals surface area contributed by atoms with Crippen molar-refractivity contribution in [2.75, 3.05) is 20.8 Å². The van der Waals surface area contributed by atoms with Gasteiger partial charge >= 0.3 is 12.0 Å². The van der Waals surface area contributed by atoms with Crippen LogP contribution in [0.4, 0.5) is 4.79 Å². The van der Waals surface area contributed by atoms with Gasteiger partial charge in [-0.1, -0.05) is 25.4 Å². The van der Waals surface area contributed by atoms with Crippen LogP contribution in [-0.2, 0) is 9.53 Å². The fraction of sp³-hybridized carbons (Fsp3) is 0.500. The number of hydrogen-bond acceptors (Lipinski definition) is 6. The molecule has 0 saturated carbocycles. The summed E-state index contributed by atoms with van der Waals surface area (Å²) in [6, 6.07) is 2.10. The third-order valence-corrected chi connectivity index (χ3v) is 3.80. The lowest BCUT2D eigenvalue weighted by Gasteiger charge is -2.16. The van der Waals surface area contributed by atoms with Gasteiger partial charge in [0.2, 0.25) is 0 Å². The molecule has 0 aliphatic carbocycles. The van der Waals surface area contributed by atoms with Gasteiger partial charge in [-0.3, -0.25) is 10.1 Å². The van der Waals surface area contributed by atoms with E-state index in [-0.39, 0.29) is 16.3 Å². The number of benzene rings is 1. The Balaban J connectivity index is 2.87. The maximum atomic E-state index is 12.3. The van der Waals surface area contributed by atoms with E-state index in [1.165, 1.54) is 33.2 Å². The van der Waals surface area contributed by atoms with Gasteiger partial charge in [-0.15, -0.1) is 0 Å². The second-order valence-corrected chi connectivity index (χ2v) is 6.54. The minimum Gasteiger partial charge on any atom is -0.493 e. The summed E-state index contributed by atoms with van der Waals surface area (Å²) in [7, 11) is 2.79. The number of nitrogens with one attached hydrogen (secondary N) is 2. The fourth-order valence-electron chi connectivity index (χ4n) is 1.93. The Morgan fingerprint density at radius 1 is 1.19 bits per heavy atom. The van der Waals surface area contributed by atoms with Crippen molar-refractivity contribution in [2.24, 2.45) is 5.92 Å². The zero-order valence-corrected chi connectivity index (χ0v) is 16.8. The number of halogens is 1. The third-order valence-electron chi connectivity index (χ3n) is 3.52. The van der Waals surface area contributed by atoms with Crippen molar-refractivity contribution >= 4 is 29.5 Å². The highest BCUT2D eigenvalue weighted by atomic mass is 35.5. The van der Waals surface area contributed by atoms with E-state index >= 15 is 0 Å². The zero-order chi connectivity index (χ0) is 20.6. The van der Waals surface area contributed by atoms with E-state index in [9.17, 15) is 14.4 Å². The lowest BCUT2D eigenvalue weighted by molar-refractivity contribution is -0.127. The van der Waals surface area contributed by atoms with Crippen molar-refractivity contribution in [1.29, 1.82) is 0 Å². The number of amides is 3. The predicted molar refractivity (Wildman–Crippen MR) is 100 cm³/mol. The molecular weight excluding hydrogens is 376 g/mol. The van der Waals surface area contributed by atoms with Crippen molar-refractivity contribution in [2.45, 2.75) is 33.3 Å². The van der Waals surface area contributed by atoms with Crippen LogP contribution in [0, 0.1) is 5.92 Å². The average molecular weight is 401 g/mol. The normalized spacial score (nSPS) is 11.5. The summed E-state index contributed by atoms with van der Waals surface area (Å²) in [6.45, 7) is 5.94. The molecule has 0 fully saturated rings. The molecule has 27 heavy (non-hydrogen) atoms. The van der Waals surface area contributed by atoms with Gasteiger partial charge in [-0.25, -0.2) is 9.59 Å². The highest BCUT2D eigenvalue weighted by Gasteiger charge is 2.22. The standard InChI is InChI=1S/C18H25ClN2O6/c1-10(2)6-7-26-15-13(19)8-12(9-14(15)25-5)17(23)27-11(3)16(22)21-18(24)20-4/h8-11H,6-7H2,1-5H3,(H2,20,21,22,24)/t11-/m0/s1. The van der Waals surface area contributed by atoms with Crippen LogP contribution >= 0.6 is 11.6 Å². The van der Waals surface area contributed by atoms with E-state index in [0.29, 0.717) is 18.3 Å². The largest absolute Gasteiger partial charge is 0.493 e. The average Bonchev–Trinajstić information content (AvgIpc) is 2.61. The lowest BCUT2D eigenvalue weighted by atomic mass is 10.1. The van der Waals surface area contributed by atoms with Gasteiger partial charge in [-0.05, 0) is 31.4 Å². The molecule has 0 aliphatic rings. The van der Waals surface area contributed by atoms with Gasteiger partial charge in [0.05, 0.1) is 24.3 Å². The van der Waals surface area contributed by atoms with Gasteiger partial charge in [-0.2, -0.15) is 0 Å². The molecule has 1 atom stereocenters. The molecule has 0 heterocycles. The third kappa shape index (κ3) is 6.97. The van der Waals surface area contributed by atoms with Crippen LogP contribution in [0.3, 0.4) is 0 Å². The molecule has 0 aliphatic heterocycles. The first-order valence-electron chi connectivity index (χ1n) is 8.43. The van der Waals surface area contributed by atoms with Gasteiger partial charge in [0.15, 0.2) is 17.6 Å². The SMILES string of the molecule is CNC(=O)NC(=O)[C@H](C)OC(=O)c1cc(Cl)c(OCCC(C)C)c(OC)c1. The van der Waals surface area contributed by atoms with E-state index in [1.54, 1.807) is 0 Å². The molecule has 0 unspecified atom stereocenters. The van der Waals surface area contributed by atoms with E-state index in [1.807, 2.05) is 5.32 Å². The Kier molecular flexibility index (Phi) is 8.87. The molecule has 0 bridgehead atoms. The Hall–Kier alpha value is -2.48. The van der Waals surface area contributed by atoms with Gasteiger partial charge in [0, 0.05) is 7.05 Å². The first kappa shape index (κ1) is 22.6. The van der Waals surface area contributed by atoms with Crippen molar-refractivity contribution in [3.8, 4) is 11.5 Å². The van der Waals surface area contributed by atoms with Crippen LogP contribution in [0.15, 0.2) is 12.1 Å². The number of carbonyl (C=O) groups is 3. The van der Waals surface area contributed by atoms with E-state index in [4.69, 9.17) is 25.8 Å². The number of ether oxygens (including phenoxy) is 3. The Morgan fingerprint density at radius 3 is 2.41 bits per heavy atom. The first-order valence-corrected chi connectivity index (χ1v) is 8.81. The van der Waals surface area contributed by atoms with Gasteiger partial charge in [0.1, 0.15) is 0 Å². The van der Waals surface area contributed by atoms with Gasteiger partial charge in [0.25, 0.3) is 5.91 Å². The van der Waals surface area contributed by atoms with Crippen LogP contribution in [-0.4, -0.2) is 44.8 Å². The summed E-state index contributed by atoms with van der Waals surface area (Å²) in [4.78, 5) is 35.2. The number of methoxy groups -OCH3 is 1. The molecule has 1 aromatic rings. The quantitative estimate of drug-likeness (QED) is 0.650.